The van der Waals surface area contributed by atoms with E-state index in [2.05, 4.69) is 36.5 Å². The third-order valence-electron chi connectivity index (χ3n) is 5.89. The zero-order chi connectivity index (χ0) is 20.1. The number of rotatable bonds is 2. The molecule has 2 aromatic carbocycles. The van der Waals surface area contributed by atoms with Crippen LogP contribution in [0.5, 0.6) is 0 Å². The zero-order valence-corrected chi connectivity index (χ0v) is 17.3. The van der Waals surface area contributed by atoms with Gasteiger partial charge in [-0.3, -0.25) is 4.79 Å². The van der Waals surface area contributed by atoms with Crippen molar-refractivity contribution in [3.05, 3.63) is 87.2 Å². The second-order valence-electron chi connectivity index (χ2n) is 7.87. The number of hydrogen-bond acceptors (Lipinski definition) is 3. The average Bonchev–Trinajstić information content (AvgIpc) is 3.04. The average molecular weight is 404 g/mol. The molecule has 1 aliphatic carbocycles. The smallest absolute Gasteiger partial charge is 0.161 e. The first kappa shape index (κ1) is 18.2. The summed E-state index contributed by atoms with van der Waals surface area (Å²) < 4.78 is 1.97. The first-order chi connectivity index (χ1) is 14.0. The standard InChI is InChI=1S/C24H22ClN3O/c1-14-6-12-18(13-7-14)28-24-21(15(2)27-28)22(16-8-10-17(25)11-9-16)23-19(26-24)4-3-5-20(23)29/h6-13,22,26H,3-5H2,1-2H3/t22-/m0/s1. The molecule has 1 aliphatic heterocycles. The third-order valence-corrected chi connectivity index (χ3v) is 6.14. The summed E-state index contributed by atoms with van der Waals surface area (Å²) in [6, 6.07) is 16.2. The first-order valence-electron chi connectivity index (χ1n) is 9.98. The Bertz CT molecular complexity index is 1140. The molecule has 4 nitrogen and oxygen atoms in total. The first-order valence-corrected chi connectivity index (χ1v) is 10.4. The molecular weight excluding hydrogens is 382 g/mol. The highest BCUT2D eigenvalue weighted by Crippen LogP contribution is 2.47. The van der Waals surface area contributed by atoms with Crippen LogP contribution >= 0.6 is 11.6 Å². The fourth-order valence-electron chi connectivity index (χ4n) is 4.48. The van der Waals surface area contributed by atoms with Crippen LogP contribution in [0.15, 0.2) is 59.8 Å². The number of ketones is 1. The molecule has 1 atom stereocenters. The minimum absolute atomic E-state index is 0.120. The lowest BCUT2D eigenvalue weighted by molar-refractivity contribution is -0.116. The second-order valence-corrected chi connectivity index (χ2v) is 8.31. The van der Waals surface area contributed by atoms with Gasteiger partial charge in [0.05, 0.1) is 11.4 Å². The Morgan fingerprint density at radius 1 is 1.03 bits per heavy atom. The lowest BCUT2D eigenvalue weighted by Crippen LogP contribution is -2.27. The number of allylic oxidation sites excluding steroid dienone is 2. The van der Waals surface area contributed by atoms with Gasteiger partial charge in [-0.1, -0.05) is 41.4 Å². The van der Waals surface area contributed by atoms with Gasteiger partial charge in [-0.25, -0.2) is 4.68 Å². The number of nitrogens with zero attached hydrogens (tertiary/aromatic N) is 2. The number of Topliss-reactive ketones (excluding diaryl/α,β-unsaturated/α-hetero) is 1. The van der Waals surface area contributed by atoms with Crippen LogP contribution in [0.4, 0.5) is 5.82 Å². The van der Waals surface area contributed by atoms with Crippen molar-refractivity contribution in [2.45, 2.75) is 39.0 Å². The van der Waals surface area contributed by atoms with E-state index in [1.54, 1.807) is 0 Å². The Labute approximate surface area is 175 Å². The maximum Gasteiger partial charge on any atom is 0.161 e. The molecule has 0 bridgehead atoms. The summed E-state index contributed by atoms with van der Waals surface area (Å²) in [5.41, 5.74) is 7.21. The van der Waals surface area contributed by atoms with Gasteiger partial charge < -0.3 is 5.32 Å². The largest absolute Gasteiger partial charge is 0.343 e. The molecule has 5 rings (SSSR count). The highest BCUT2D eigenvalue weighted by Gasteiger charge is 2.38. The lowest BCUT2D eigenvalue weighted by atomic mass is 9.76. The van der Waals surface area contributed by atoms with Crippen molar-refractivity contribution < 1.29 is 4.79 Å². The molecule has 2 aliphatic rings. The van der Waals surface area contributed by atoms with Crippen LogP contribution in [0.2, 0.25) is 5.02 Å². The molecular formula is C24H22ClN3O. The van der Waals surface area contributed by atoms with Crippen molar-refractivity contribution in [3.63, 3.8) is 0 Å². The molecule has 146 valence electrons. The molecule has 0 radical (unpaired) electrons. The normalized spacial score (nSPS) is 18.3. The van der Waals surface area contributed by atoms with Crippen molar-refractivity contribution in [1.82, 2.24) is 9.78 Å². The predicted octanol–water partition coefficient (Wildman–Crippen LogP) is 5.71. The van der Waals surface area contributed by atoms with Gasteiger partial charge in [0.25, 0.3) is 0 Å². The Kier molecular flexibility index (Phi) is 4.32. The molecule has 0 saturated carbocycles. The Morgan fingerprint density at radius 2 is 1.76 bits per heavy atom. The van der Waals surface area contributed by atoms with Crippen LogP contribution in [-0.4, -0.2) is 15.6 Å². The molecule has 0 saturated heterocycles. The second kappa shape index (κ2) is 6.89. The summed E-state index contributed by atoms with van der Waals surface area (Å²) in [5, 5.41) is 9.13. The summed E-state index contributed by atoms with van der Waals surface area (Å²) in [6.45, 7) is 4.10. The van der Waals surface area contributed by atoms with E-state index in [9.17, 15) is 4.79 Å². The van der Waals surface area contributed by atoms with Gasteiger partial charge in [0.2, 0.25) is 0 Å². The highest BCUT2D eigenvalue weighted by molar-refractivity contribution is 6.30. The number of hydrogen-bond donors (Lipinski definition) is 1. The zero-order valence-electron chi connectivity index (χ0n) is 16.5. The summed E-state index contributed by atoms with van der Waals surface area (Å²) >= 11 is 6.14. The van der Waals surface area contributed by atoms with E-state index in [0.29, 0.717) is 11.4 Å². The fourth-order valence-corrected chi connectivity index (χ4v) is 4.61. The summed E-state index contributed by atoms with van der Waals surface area (Å²) in [4.78, 5) is 13.0. The maximum atomic E-state index is 13.0. The monoisotopic (exact) mass is 403 g/mol. The van der Waals surface area contributed by atoms with Crippen LogP contribution < -0.4 is 5.32 Å². The number of fused-ring (bicyclic) bond motifs is 1. The van der Waals surface area contributed by atoms with Crippen molar-refractivity contribution >= 4 is 23.2 Å². The Morgan fingerprint density at radius 3 is 2.48 bits per heavy atom. The van der Waals surface area contributed by atoms with Gasteiger partial charge in [-0.15, -0.1) is 0 Å². The number of carbonyl (C=O) groups excluding carboxylic acids is 1. The van der Waals surface area contributed by atoms with Gasteiger partial charge in [0.15, 0.2) is 5.78 Å². The minimum Gasteiger partial charge on any atom is -0.343 e. The van der Waals surface area contributed by atoms with Gasteiger partial charge in [0.1, 0.15) is 5.82 Å². The van der Waals surface area contributed by atoms with Crippen LogP contribution in [0.25, 0.3) is 5.69 Å². The Hall–Kier alpha value is -2.85. The molecule has 2 heterocycles. The van der Waals surface area contributed by atoms with E-state index in [-0.39, 0.29) is 11.7 Å². The minimum atomic E-state index is -0.120. The van der Waals surface area contributed by atoms with Gasteiger partial charge in [-0.05, 0) is 56.5 Å². The number of nitrogens with one attached hydrogen (secondary N) is 1. The molecule has 1 N–H and O–H groups in total. The number of benzene rings is 2. The number of anilines is 1. The summed E-state index contributed by atoms with van der Waals surface area (Å²) in [5.74, 6) is 1.07. The maximum absolute atomic E-state index is 13.0. The van der Waals surface area contributed by atoms with Crippen molar-refractivity contribution in [3.8, 4) is 5.69 Å². The predicted molar refractivity (Wildman–Crippen MR) is 116 cm³/mol. The van der Waals surface area contributed by atoms with Crippen LogP contribution in [0, 0.1) is 13.8 Å². The topological polar surface area (TPSA) is 46.9 Å². The van der Waals surface area contributed by atoms with Gasteiger partial charge >= 0.3 is 0 Å². The number of carbonyl (C=O) groups is 1. The van der Waals surface area contributed by atoms with E-state index in [4.69, 9.17) is 16.7 Å². The molecule has 0 unspecified atom stereocenters. The van der Waals surface area contributed by atoms with E-state index < -0.39 is 0 Å². The summed E-state index contributed by atoms with van der Waals surface area (Å²) in [6.07, 6.45) is 2.36. The molecule has 0 spiro atoms. The molecule has 1 aromatic heterocycles. The van der Waals surface area contributed by atoms with Crippen molar-refractivity contribution in [1.29, 1.82) is 0 Å². The van der Waals surface area contributed by atoms with Crippen molar-refractivity contribution in [2.24, 2.45) is 0 Å². The molecule has 29 heavy (non-hydrogen) atoms. The van der Waals surface area contributed by atoms with Gasteiger partial charge in [-0.2, -0.15) is 5.10 Å². The van der Waals surface area contributed by atoms with E-state index in [1.807, 2.05) is 35.9 Å². The number of aromatic nitrogens is 2. The fraction of sp³-hybridized carbons (Fsp3) is 0.250. The summed E-state index contributed by atoms with van der Waals surface area (Å²) in [7, 11) is 0. The number of aryl methyl sites for hydroxylation is 2. The van der Waals surface area contributed by atoms with Crippen LogP contribution in [0.1, 0.15) is 47.6 Å². The third kappa shape index (κ3) is 2.99. The van der Waals surface area contributed by atoms with Gasteiger partial charge in [0, 0.05) is 34.2 Å². The molecule has 5 heteroatoms. The SMILES string of the molecule is Cc1ccc(-n2nc(C)c3c2NC2=C(C(=O)CCC2)[C@H]3c2ccc(Cl)cc2)cc1. The lowest BCUT2D eigenvalue weighted by Gasteiger charge is -2.33. The molecule has 0 fully saturated rings. The van der Waals surface area contributed by atoms with Crippen LogP contribution in [-0.2, 0) is 4.79 Å². The number of halogens is 1. The van der Waals surface area contributed by atoms with Crippen molar-refractivity contribution in [2.75, 3.05) is 5.32 Å². The van der Waals surface area contributed by atoms with Crippen LogP contribution in [0.3, 0.4) is 0 Å². The quantitative estimate of drug-likeness (QED) is 0.596. The highest BCUT2D eigenvalue weighted by atomic mass is 35.5. The molecule has 0 amide bonds. The van der Waals surface area contributed by atoms with E-state index >= 15 is 0 Å². The van der Waals surface area contributed by atoms with E-state index in [0.717, 1.165) is 52.4 Å². The van der Waals surface area contributed by atoms with E-state index in [1.165, 1.54) is 5.56 Å². The molecule has 3 aromatic rings. The Balaban J connectivity index is 1.74.